The maximum Gasteiger partial charge on any atom is 0.293 e. The number of nitrogens with one attached hydrogen (secondary N) is 2. The highest BCUT2D eigenvalue weighted by molar-refractivity contribution is 7.98. The van der Waals surface area contributed by atoms with Crippen LogP contribution in [0, 0.1) is 21.4 Å². The van der Waals surface area contributed by atoms with Gasteiger partial charge < -0.3 is 10.3 Å². The maximum absolute atomic E-state index is 11.2. The van der Waals surface area contributed by atoms with Crippen LogP contribution in [0.4, 0.5) is 11.4 Å². The van der Waals surface area contributed by atoms with Crippen molar-refractivity contribution in [2.45, 2.75) is 37.5 Å². The molecule has 4 rings (SSSR count). The first-order valence-corrected chi connectivity index (χ1v) is 9.82. The van der Waals surface area contributed by atoms with Crippen LogP contribution in [0.25, 0.3) is 0 Å². The zero-order valence-corrected chi connectivity index (χ0v) is 15.4. The number of nitriles is 1. The Labute approximate surface area is 160 Å². The molecule has 8 nitrogen and oxygen atoms in total. The number of nitro groups is 1. The van der Waals surface area contributed by atoms with Gasteiger partial charge in [0.05, 0.1) is 28.6 Å². The fourth-order valence-electron chi connectivity index (χ4n) is 2.82. The SMILES string of the molecule is N#Cc1ccc(NC2CCC2)c([N+](=O)[O-])c1.O=c1[nH]cnc2c1CSCC2. The molecular formula is C18H19N5O3S. The number of thioether (sulfide) groups is 1. The lowest BCUT2D eigenvalue weighted by molar-refractivity contribution is -0.384. The summed E-state index contributed by atoms with van der Waals surface area (Å²) < 4.78 is 0. The standard InChI is InChI=1S/C11H11N3O2.C7H8N2OS/c12-7-8-4-5-10(11(6-8)14(15)16)13-9-2-1-3-9;10-7-5-3-11-2-1-6(5)8-4-9-7/h4-6,9,13H,1-3H2;4H,1-3H2,(H,8,9,10). The van der Waals surface area contributed by atoms with Crippen molar-refractivity contribution in [2.24, 2.45) is 0 Å². The molecular weight excluding hydrogens is 366 g/mol. The first kappa shape index (κ1) is 18.9. The molecule has 1 aromatic carbocycles. The van der Waals surface area contributed by atoms with Gasteiger partial charge >= 0.3 is 0 Å². The second-order valence-electron chi connectivity index (χ2n) is 6.33. The van der Waals surface area contributed by atoms with Gasteiger partial charge in [0, 0.05) is 23.4 Å². The number of aromatic amines is 1. The highest BCUT2D eigenvalue weighted by Gasteiger charge is 2.21. The molecule has 2 heterocycles. The Morgan fingerprint density at radius 3 is 2.85 bits per heavy atom. The molecule has 2 aliphatic rings. The van der Waals surface area contributed by atoms with Crippen molar-refractivity contribution in [3.8, 4) is 6.07 Å². The van der Waals surface area contributed by atoms with E-state index < -0.39 is 4.92 Å². The molecule has 1 aromatic heterocycles. The minimum absolute atomic E-state index is 0.0223. The number of nitro benzene ring substituents is 1. The third kappa shape index (κ3) is 4.65. The van der Waals surface area contributed by atoms with E-state index in [0.29, 0.717) is 17.3 Å². The van der Waals surface area contributed by atoms with E-state index in [1.807, 2.05) is 6.07 Å². The summed E-state index contributed by atoms with van der Waals surface area (Å²) in [6.07, 6.45) is 5.69. The summed E-state index contributed by atoms with van der Waals surface area (Å²) in [4.78, 5) is 28.2. The Balaban J connectivity index is 0.000000166. The van der Waals surface area contributed by atoms with Crippen LogP contribution in [0.2, 0.25) is 0 Å². The molecule has 0 amide bonds. The minimum Gasteiger partial charge on any atom is -0.377 e. The number of fused-ring (bicyclic) bond motifs is 1. The van der Waals surface area contributed by atoms with Crippen molar-refractivity contribution in [1.82, 2.24) is 9.97 Å². The van der Waals surface area contributed by atoms with Gasteiger partial charge in [-0.1, -0.05) is 0 Å². The Morgan fingerprint density at radius 2 is 2.22 bits per heavy atom. The van der Waals surface area contributed by atoms with Crippen molar-refractivity contribution in [3.05, 3.63) is 61.8 Å². The number of anilines is 1. The van der Waals surface area contributed by atoms with E-state index in [9.17, 15) is 14.9 Å². The molecule has 0 bridgehead atoms. The third-order valence-electron chi connectivity index (χ3n) is 4.56. The summed E-state index contributed by atoms with van der Waals surface area (Å²) in [6, 6.07) is 6.74. The number of hydrogen-bond acceptors (Lipinski definition) is 7. The van der Waals surface area contributed by atoms with Crippen molar-refractivity contribution >= 4 is 23.1 Å². The largest absolute Gasteiger partial charge is 0.377 e. The van der Waals surface area contributed by atoms with Gasteiger partial charge in [0.15, 0.2) is 0 Å². The number of benzene rings is 1. The first-order valence-electron chi connectivity index (χ1n) is 8.66. The second-order valence-corrected chi connectivity index (χ2v) is 7.44. The molecule has 2 N–H and O–H groups in total. The van der Waals surface area contributed by atoms with E-state index in [1.54, 1.807) is 23.9 Å². The number of H-pyrrole nitrogens is 1. The zero-order chi connectivity index (χ0) is 19.2. The van der Waals surface area contributed by atoms with Crippen LogP contribution in [0.3, 0.4) is 0 Å². The number of aromatic nitrogens is 2. The zero-order valence-electron chi connectivity index (χ0n) is 14.6. The van der Waals surface area contributed by atoms with E-state index in [0.717, 1.165) is 42.0 Å². The van der Waals surface area contributed by atoms with Crippen LogP contribution in [-0.4, -0.2) is 26.7 Å². The van der Waals surface area contributed by atoms with Crippen molar-refractivity contribution in [1.29, 1.82) is 5.26 Å². The Hall–Kier alpha value is -2.86. The summed E-state index contributed by atoms with van der Waals surface area (Å²) in [5, 5.41) is 22.6. The molecule has 0 radical (unpaired) electrons. The lowest BCUT2D eigenvalue weighted by Gasteiger charge is -2.27. The van der Waals surface area contributed by atoms with Crippen molar-refractivity contribution in [3.63, 3.8) is 0 Å². The highest BCUT2D eigenvalue weighted by Crippen LogP contribution is 2.30. The number of aryl methyl sites for hydroxylation is 1. The monoisotopic (exact) mass is 385 g/mol. The Kier molecular flexibility index (Phi) is 6.08. The molecule has 9 heteroatoms. The number of hydrogen-bond donors (Lipinski definition) is 2. The van der Waals surface area contributed by atoms with Gasteiger partial charge in [0.1, 0.15) is 5.69 Å². The fourth-order valence-corrected chi connectivity index (χ4v) is 3.80. The number of rotatable bonds is 3. The van der Waals surface area contributed by atoms with E-state index in [-0.39, 0.29) is 11.2 Å². The topological polar surface area (TPSA) is 125 Å². The number of nitrogens with zero attached hydrogens (tertiary/aromatic N) is 3. The fraction of sp³-hybridized carbons (Fsp3) is 0.389. The second kappa shape index (κ2) is 8.68. The molecule has 1 aliphatic carbocycles. The van der Waals surface area contributed by atoms with E-state index >= 15 is 0 Å². The first-order chi connectivity index (χ1) is 13.1. The quantitative estimate of drug-likeness (QED) is 0.614. The Bertz CT molecular complexity index is 933. The smallest absolute Gasteiger partial charge is 0.293 e. The molecule has 0 atom stereocenters. The van der Waals surface area contributed by atoms with Crippen LogP contribution >= 0.6 is 11.8 Å². The third-order valence-corrected chi connectivity index (χ3v) is 5.54. The van der Waals surface area contributed by atoms with E-state index in [4.69, 9.17) is 5.26 Å². The summed E-state index contributed by atoms with van der Waals surface area (Å²) in [5.41, 5.74) is 2.67. The summed E-state index contributed by atoms with van der Waals surface area (Å²) in [5.74, 6) is 1.90. The molecule has 27 heavy (non-hydrogen) atoms. The van der Waals surface area contributed by atoms with Crippen molar-refractivity contribution < 1.29 is 4.92 Å². The Morgan fingerprint density at radius 1 is 1.41 bits per heavy atom. The summed E-state index contributed by atoms with van der Waals surface area (Å²) in [7, 11) is 0. The molecule has 2 aromatic rings. The molecule has 1 aliphatic heterocycles. The summed E-state index contributed by atoms with van der Waals surface area (Å²) >= 11 is 1.79. The van der Waals surface area contributed by atoms with Crippen LogP contribution < -0.4 is 10.9 Å². The molecule has 140 valence electrons. The molecule has 0 unspecified atom stereocenters. The van der Waals surface area contributed by atoms with Gasteiger partial charge in [-0.25, -0.2) is 4.98 Å². The normalized spacial score (nSPS) is 15.4. The average Bonchev–Trinajstić information content (AvgIpc) is 2.65. The van der Waals surface area contributed by atoms with Gasteiger partial charge in [0.2, 0.25) is 0 Å². The lowest BCUT2D eigenvalue weighted by atomic mass is 9.93. The maximum atomic E-state index is 11.2. The molecule has 0 spiro atoms. The lowest BCUT2D eigenvalue weighted by Crippen LogP contribution is -2.27. The van der Waals surface area contributed by atoms with Crippen molar-refractivity contribution in [2.75, 3.05) is 11.1 Å². The van der Waals surface area contributed by atoms with Crippen LogP contribution in [-0.2, 0) is 12.2 Å². The van der Waals surface area contributed by atoms with Crippen LogP contribution in [0.1, 0.15) is 36.1 Å². The molecule has 1 saturated carbocycles. The van der Waals surface area contributed by atoms with Gasteiger partial charge in [-0.3, -0.25) is 14.9 Å². The van der Waals surface area contributed by atoms with E-state index in [2.05, 4.69) is 15.3 Å². The van der Waals surface area contributed by atoms with Gasteiger partial charge in [0.25, 0.3) is 11.2 Å². The van der Waals surface area contributed by atoms with Crippen LogP contribution in [0.5, 0.6) is 0 Å². The molecule has 0 saturated heterocycles. The summed E-state index contributed by atoms with van der Waals surface area (Å²) in [6.45, 7) is 0. The predicted octanol–water partition coefficient (Wildman–Crippen LogP) is 2.99. The van der Waals surface area contributed by atoms with Gasteiger partial charge in [-0.15, -0.1) is 0 Å². The average molecular weight is 385 g/mol. The van der Waals surface area contributed by atoms with Gasteiger partial charge in [-0.2, -0.15) is 17.0 Å². The van der Waals surface area contributed by atoms with Gasteiger partial charge in [-0.05, 0) is 43.6 Å². The predicted molar refractivity (Wildman–Crippen MR) is 104 cm³/mol. The highest BCUT2D eigenvalue weighted by atomic mass is 32.2. The van der Waals surface area contributed by atoms with Crippen LogP contribution in [0.15, 0.2) is 29.3 Å². The molecule has 1 fully saturated rings. The minimum atomic E-state index is -0.457. The van der Waals surface area contributed by atoms with E-state index in [1.165, 1.54) is 18.8 Å².